The highest BCUT2D eigenvalue weighted by Crippen LogP contribution is 2.37. The van der Waals surface area contributed by atoms with Crippen LogP contribution >= 0.6 is 0 Å². The molecule has 4 rings (SSSR count). The Balaban J connectivity index is 1.51. The van der Waals surface area contributed by atoms with E-state index in [1.807, 2.05) is 26.0 Å². The van der Waals surface area contributed by atoms with Gasteiger partial charge in [0.2, 0.25) is 0 Å². The molecule has 0 bridgehead atoms. The van der Waals surface area contributed by atoms with Gasteiger partial charge in [0.1, 0.15) is 23.0 Å². The van der Waals surface area contributed by atoms with Crippen LogP contribution in [0.2, 0.25) is 0 Å². The van der Waals surface area contributed by atoms with E-state index in [9.17, 15) is 9.59 Å². The highest BCUT2D eigenvalue weighted by Gasteiger charge is 2.39. The summed E-state index contributed by atoms with van der Waals surface area (Å²) < 4.78 is 27.6. The first-order valence-electron chi connectivity index (χ1n) is 10.2. The Hall–Kier alpha value is -3.74. The first-order chi connectivity index (χ1) is 15.3. The Labute approximate surface area is 185 Å². The summed E-state index contributed by atoms with van der Waals surface area (Å²) in [4.78, 5) is 24.0. The van der Waals surface area contributed by atoms with Gasteiger partial charge in [0.05, 0.1) is 14.2 Å². The molecule has 1 aromatic heterocycles. The Morgan fingerprint density at radius 3 is 2.59 bits per heavy atom. The average molecular weight is 436 g/mol. The fourth-order valence-corrected chi connectivity index (χ4v) is 3.68. The van der Waals surface area contributed by atoms with E-state index in [1.165, 1.54) is 12.1 Å². The summed E-state index contributed by atoms with van der Waals surface area (Å²) in [5, 5.41) is 0.782. The molecule has 1 unspecified atom stereocenters. The summed E-state index contributed by atoms with van der Waals surface area (Å²) in [5.74, 6) is 1.32. The van der Waals surface area contributed by atoms with Crippen molar-refractivity contribution in [2.24, 2.45) is 0 Å². The van der Waals surface area contributed by atoms with Crippen LogP contribution in [-0.4, -0.2) is 31.9 Å². The van der Waals surface area contributed by atoms with E-state index >= 15 is 0 Å². The lowest BCUT2D eigenvalue weighted by molar-refractivity contribution is -0.155. The fraction of sp³-hybridized carbons (Fsp3) is 0.280. The van der Waals surface area contributed by atoms with Crippen molar-refractivity contribution in [3.63, 3.8) is 0 Å². The zero-order valence-corrected chi connectivity index (χ0v) is 18.3. The first kappa shape index (κ1) is 21.5. The number of ether oxygens (including phenoxy) is 4. The predicted molar refractivity (Wildman–Crippen MR) is 119 cm³/mol. The molecule has 1 aliphatic heterocycles. The van der Waals surface area contributed by atoms with Crippen molar-refractivity contribution in [3.05, 3.63) is 70.1 Å². The molecule has 7 nitrogen and oxygen atoms in total. The molecule has 166 valence electrons. The van der Waals surface area contributed by atoms with E-state index < -0.39 is 23.3 Å². The first-order valence-corrected chi connectivity index (χ1v) is 10.2. The quantitative estimate of drug-likeness (QED) is 0.337. The minimum absolute atomic E-state index is 0.416. The Morgan fingerprint density at radius 2 is 1.84 bits per heavy atom. The van der Waals surface area contributed by atoms with Crippen LogP contribution in [0.15, 0.2) is 57.8 Å². The number of carbonyl (C=O) groups is 1. The molecule has 0 spiro atoms. The van der Waals surface area contributed by atoms with Crippen molar-refractivity contribution in [1.82, 2.24) is 0 Å². The van der Waals surface area contributed by atoms with Crippen molar-refractivity contribution >= 4 is 23.0 Å². The molecule has 0 amide bonds. The van der Waals surface area contributed by atoms with Crippen LogP contribution in [0.3, 0.4) is 0 Å². The lowest BCUT2D eigenvalue weighted by atomic mass is 9.90. The number of methoxy groups -OCH3 is 2. The van der Waals surface area contributed by atoms with Crippen LogP contribution in [0.5, 0.6) is 17.2 Å². The molecular weight excluding hydrogens is 412 g/mol. The van der Waals surface area contributed by atoms with Crippen LogP contribution in [0.4, 0.5) is 0 Å². The third kappa shape index (κ3) is 4.32. The molecule has 0 radical (unpaired) electrons. The van der Waals surface area contributed by atoms with Gasteiger partial charge in [0.25, 0.3) is 0 Å². The summed E-state index contributed by atoms with van der Waals surface area (Å²) in [5.41, 5.74) is 0.938. The van der Waals surface area contributed by atoms with Crippen LogP contribution in [0.1, 0.15) is 25.0 Å². The van der Waals surface area contributed by atoms with Gasteiger partial charge in [0.15, 0.2) is 11.5 Å². The topological polar surface area (TPSA) is 84.2 Å². The summed E-state index contributed by atoms with van der Waals surface area (Å²) in [6.45, 7) is 3.72. The molecule has 0 fully saturated rings. The van der Waals surface area contributed by atoms with Crippen LogP contribution in [0.25, 0.3) is 17.0 Å². The maximum absolute atomic E-state index is 12.5. The molecule has 3 aromatic rings. The minimum atomic E-state index is -0.761. The SMILES string of the molecule is COc1ccc(/C=C/C(=O)OC2Cc3cc4ccc(=O)oc4cc3OC2(C)C)cc1OC. The van der Waals surface area contributed by atoms with Crippen LogP contribution in [-0.2, 0) is 16.0 Å². The monoisotopic (exact) mass is 436 g/mol. The van der Waals surface area contributed by atoms with Crippen LogP contribution < -0.4 is 19.8 Å². The van der Waals surface area contributed by atoms with E-state index in [4.69, 9.17) is 23.4 Å². The van der Waals surface area contributed by atoms with Gasteiger partial charge in [0, 0.05) is 30.0 Å². The van der Waals surface area contributed by atoms with E-state index in [-0.39, 0.29) is 0 Å². The van der Waals surface area contributed by atoms with Gasteiger partial charge >= 0.3 is 11.6 Å². The fourth-order valence-electron chi connectivity index (χ4n) is 3.68. The van der Waals surface area contributed by atoms with E-state index in [2.05, 4.69) is 0 Å². The van der Waals surface area contributed by atoms with Gasteiger partial charge in [-0.05, 0) is 55.3 Å². The Kier molecular flexibility index (Phi) is 5.65. The molecule has 1 atom stereocenters. The van der Waals surface area contributed by atoms with E-state index in [1.54, 1.807) is 44.6 Å². The van der Waals surface area contributed by atoms with Crippen molar-refractivity contribution in [1.29, 1.82) is 0 Å². The lowest BCUT2D eigenvalue weighted by Crippen LogP contribution is -2.48. The maximum atomic E-state index is 12.5. The summed E-state index contributed by atoms with van der Waals surface area (Å²) in [6, 6.07) is 12.0. The van der Waals surface area contributed by atoms with Crippen molar-refractivity contribution < 1.29 is 28.2 Å². The van der Waals surface area contributed by atoms with E-state index in [0.29, 0.717) is 29.3 Å². The molecule has 1 aliphatic rings. The standard InChI is InChI=1S/C25H24O7/c1-25(2)22(13-17-12-16-7-10-23(26)30-19(16)14-20(17)32-25)31-24(27)9-6-15-5-8-18(28-3)21(11-15)29-4/h5-12,14,22H,13H2,1-4H3/b9-6+. The van der Waals surface area contributed by atoms with Crippen molar-refractivity contribution in [3.8, 4) is 17.2 Å². The smallest absolute Gasteiger partial charge is 0.336 e. The number of hydrogen-bond donors (Lipinski definition) is 0. The molecule has 32 heavy (non-hydrogen) atoms. The molecule has 0 aliphatic carbocycles. The Bertz CT molecular complexity index is 1250. The van der Waals surface area contributed by atoms with Gasteiger partial charge in [-0.3, -0.25) is 0 Å². The zero-order valence-electron chi connectivity index (χ0n) is 18.3. The third-order valence-electron chi connectivity index (χ3n) is 5.43. The number of hydrogen-bond acceptors (Lipinski definition) is 7. The van der Waals surface area contributed by atoms with Gasteiger partial charge < -0.3 is 23.4 Å². The normalized spacial score (nSPS) is 16.9. The number of fused-ring (bicyclic) bond motifs is 2. The number of esters is 1. The van der Waals surface area contributed by atoms with E-state index in [0.717, 1.165) is 16.5 Å². The molecular formula is C25H24O7. The third-order valence-corrected chi connectivity index (χ3v) is 5.43. The molecule has 2 heterocycles. The number of carbonyl (C=O) groups excluding carboxylic acids is 1. The lowest BCUT2D eigenvalue weighted by Gasteiger charge is -2.39. The van der Waals surface area contributed by atoms with Crippen molar-refractivity contribution in [2.75, 3.05) is 14.2 Å². The second-order valence-electron chi connectivity index (χ2n) is 8.04. The second kappa shape index (κ2) is 8.42. The van der Waals surface area contributed by atoms with Gasteiger partial charge in [-0.15, -0.1) is 0 Å². The highest BCUT2D eigenvalue weighted by atomic mass is 16.6. The minimum Gasteiger partial charge on any atom is -0.493 e. The summed E-state index contributed by atoms with van der Waals surface area (Å²) in [7, 11) is 3.12. The molecule has 0 saturated carbocycles. The summed E-state index contributed by atoms with van der Waals surface area (Å²) in [6.07, 6.45) is 3.02. The number of rotatable bonds is 5. The average Bonchev–Trinajstić information content (AvgIpc) is 2.76. The Morgan fingerprint density at radius 1 is 1.06 bits per heavy atom. The van der Waals surface area contributed by atoms with Crippen LogP contribution in [0, 0.1) is 0 Å². The maximum Gasteiger partial charge on any atom is 0.336 e. The summed E-state index contributed by atoms with van der Waals surface area (Å²) >= 11 is 0. The molecule has 0 saturated heterocycles. The second-order valence-corrected chi connectivity index (χ2v) is 8.04. The molecule has 2 aromatic carbocycles. The van der Waals surface area contributed by atoms with Gasteiger partial charge in [-0.25, -0.2) is 9.59 Å². The predicted octanol–water partition coefficient (Wildman–Crippen LogP) is 4.15. The largest absolute Gasteiger partial charge is 0.493 e. The van der Waals surface area contributed by atoms with Gasteiger partial charge in [-0.2, -0.15) is 0 Å². The molecule has 0 N–H and O–H groups in total. The zero-order chi connectivity index (χ0) is 22.9. The van der Waals surface area contributed by atoms with Crippen molar-refractivity contribution in [2.45, 2.75) is 32.0 Å². The highest BCUT2D eigenvalue weighted by molar-refractivity contribution is 5.87. The number of benzene rings is 2. The molecule has 7 heteroatoms. The van der Waals surface area contributed by atoms with Gasteiger partial charge in [-0.1, -0.05) is 6.07 Å².